The number of hydrogen-bond acceptors (Lipinski definition) is 3. The van der Waals surface area contributed by atoms with Crippen molar-refractivity contribution in [2.24, 2.45) is 0 Å². The summed E-state index contributed by atoms with van der Waals surface area (Å²) < 4.78 is 32.0. The standard InChI is InChI=1S/C13H11F2NO2/c1-8-6-10(2-3-11(8)14)18-13-12(15)9(7-17)4-5-16-13/h2-6,17H,7H2,1H3. The molecule has 3 nitrogen and oxygen atoms in total. The van der Waals surface area contributed by atoms with E-state index in [1.54, 1.807) is 6.92 Å². The summed E-state index contributed by atoms with van der Waals surface area (Å²) in [5.41, 5.74) is 0.491. The van der Waals surface area contributed by atoms with Crippen LogP contribution in [0, 0.1) is 18.6 Å². The first kappa shape index (κ1) is 12.4. The van der Waals surface area contributed by atoms with E-state index in [-0.39, 0.29) is 23.0 Å². The molecule has 94 valence electrons. The Morgan fingerprint density at radius 1 is 1.28 bits per heavy atom. The zero-order valence-electron chi connectivity index (χ0n) is 9.65. The van der Waals surface area contributed by atoms with Gasteiger partial charge in [0.25, 0.3) is 5.88 Å². The fourth-order valence-electron chi connectivity index (χ4n) is 1.45. The minimum Gasteiger partial charge on any atom is -0.436 e. The molecular formula is C13H11F2NO2. The molecule has 0 aliphatic heterocycles. The van der Waals surface area contributed by atoms with Gasteiger partial charge in [-0.15, -0.1) is 0 Å². The molecule has 0 amide bonds. The highest BCUT2D eigenvalue weighted by Crippen LogP contribution is 2.25. The molecule has 0 atom stereocenters. The van der Waals surface area contributed by atoms with Crippen molar-refractivity contribution >= 4 is 0 Å². The number of aromatic nitrogens is 1. The quantitative estimate of drug-likeness (QED) is 0.911. The van der Waals surface area contributed by atoms with Gasteiger partial charge in [0.2, 0.25) is 0 Å². The largest absolute Gasteiger partial charge is 0.436 e. The molecule has 0 saturated carbocycles. The lowest BCUT2D eigenvalue weighted by Crippen LogP contribution is -1.97. The second kappa shape index (κ2) is 5.10. The molecule has 0 spiro atoms. The van der Waals surface area contributed by atoms with Crippen LogP contribution in [0.5, 0.6) is 11.6 Å². The zero-order chi connectivity index (χ0) is 13.1. The van der Waals surface area contributed by atoms with Crippen molar-refractivity contribution in [2.45, 2.75) is 13.5 Å². The lowest BCUT2D eigenvalue weighted by atomic mass is 10.2. The third-order valence-corrected chi connectivity index (χ3v) is 2.45. The van der Waals surface area contributed by atoms with E-state index in [0.717, 1.165) is 0 Å². The molecule has 1 aromatic heterocycles. The van der Waals surface area contributed by atoms with Crippen molar-refractivity contribution in [1.82, 2.24) is 4.98 Å². The van der Waals surface area contributed by atoms with E-state index >= 15 is 0 Å². The lowest BCUT2D eigenvalue weighted by Gasteiger charge is -2.08. The van der Waals surface area contributed by atoms with Gasteiger partial charge in [-0.3, -0.25) is 0 Å². The molecule has 2 rings (SSSR count). The van der Waals surface area contributed by atoms with Gasteiger partial charge in [-0.25, -0.2) is 13.8 Å². The molecule has 1 N–H and O–H groups in total. The highest BCUT2D eigenvalue weighted by molar-refractivity contribution is 5.33. The Morgan fingerprint density at radius 2 is 2.06 bits per heavy atom. The van der Waals surface area contributed by atoms with Crippen LogP contribution in [-0.4, -0.2) is 10.1 Å². The van der Waals surface area contributed by atoms with E-state index in [2.05, 4.69) is 4.98 Å². The van der Waals surface area contributed by atoms with Crippen LogP contribution >= 0.6 is 0 Å². The molecular weight excluding hydrogens is 240 g/mol. The second-order valence-corrected chi connectivity index (χ2v) is 3.76. The van der Waals surface area contributed by atoms with Gasteiger partial charge in [-0.1, -0.05) is 0 Å². The molecule has 0 bridgehead atoms. The van der Waals surface area contributed by atoms with Gasteiger partial charge in [0.05, 0.1) is 6.61 Å². The number of aryl methyl sites for hydroxylation is 1. The van der Waals surface area contributed by atoms with Gasteiger partial charge in [0, 0.05) is 11.8 Å². The predicted octanol–water partition coefficient (Wildman–Crippen LogP) is 2.95. The highest BCUT2D eigenvalue weighted by Gasteiger charge is 2.11. The van der Waals surface area contributed by atoms with Gasteiger partial charge in [-0.2, -0.15) is 0 Å². The Bertz CT molecular complexity index is 573. The van der Waals surface area contributed by atoms with E-state index in [9.17, 15) is 8.78 Å². The van der Waals surface area contributed by atoms with Crippen LogP contribution < -0.4 is 4.74 Å². The first-order chi connectivity index (χ1) is 8.61. The summed E-state index contributed by atoms with van der Waals surface area (Å²) in [7, 11) is 0. The molecule has 0 aliphatic rings. The van der Waals surface area contributed by atoms with Crippen molar-refractivity contribution in [3.8, 4) is 11.6 Å². The van der Waals surface area contributed by atoms with Crippen molar-refractivity contribution < 1.29 is 18.6 Å². The highest BCUT2D eigenvalue weighted by atomic mass is 19.1. The summed E-state index contributed by atoms with van der Waals surface area (Å²) in [6, 6.07) is 5.42. The van der Waals surface area contributed by atoms with Crippen LogP contribution in [0.25, 0.3) is 0 Å². The van der Waals surface area contributed by atoms with Gasteiger partial charge in [-0.05, 0) is 36.8 Å². The third-order valence-electron chi connectivity index (χ3n) is 2.45. The van der Waals surface area contributed by atoms with Crippen molar-refractivity contribution in [1.29, 1.82) is 0 Å². The Hall–Kier alpha value is -2.01. The number of pyridine rings is 1. The summed E-state index contributed by atoms with van der Waals surface area (Å²) >= 11 is 0. The molecule has 1 aromatic carbocycles. The van der Waals surface area contributed by atoms with Gasteiger partial charge >= 0.3 is 0 Å². The third kappa shape index (κ3) is 2.46. The van der Waals surface area contributed by atoms with E-state index < -0.39 is 12.4 Å². The summed E-state index contributed by atoms with van der Waals surface area (Å²) in [5.74, 6) is -1.04. The first-order valence-electron chi connectivity index (χ1n) is 5.30. The Kier molecular flexibility index (Phi) is 3.53. The Labute approximate surface area is 103 Å². The van der Waals surface area contributed by atoms with E-state index in [0.29, 0.717) is 5.56 Å². The average Bonchev–Trinajstić information content (AvgIpc) is 2.36. The van der Waals surface area contributed by atoms with Crippen molar-refractivity contribution in [2.75, 3.05) is 0 Å². The Balaban J connectivity index is 2.31. The van der Waals surface area contributed by atoms with Crippen molar-refractivity contribution in [3.05, 3.63) is 53.2 Å². The van der Waals surface area contributed by atoms with Gasteiger partial charge in [0.1, 0.15) is 11.6 Å². The van der Waals surface area contributed by atoms with Crippen LogP contribution in [0.1, 0.15) is 11.1 Å². The number of aliphatic hydroxyl groups excluding tert-OH is 1. The maximum absolute atomic E-state index is 13.7. The summed E-state index contributed by atoms with van der Waals surface area (Å²) in [5, 5.41) is 8.92. The van der Waals surface area contributed by atoms with E-state index in [1.165, 1.54) is 30.5 Å². The Morgan fingerprint density at radius 3 is 2.72 bits per heavy atom. The number of nitrogens with zero attached hydrogens (tertiary/aromatic N) is 1. The molecule has 0 radical (unpaired) electrons. The molecule has 5 heteroatoms. The maximum atomic E-state index is 13.7. The van der Waals surface area contributed by atoms with Crippen molar-refractivity contribution in [3.63, 3.8) is 0 Å². The van der Waals surface area contributed by atoms with Crippen LogP contribution in [0.2, 0.25) is 0 Å². The summed E-state index contributed by atoms with van der Waals surface area (Å²) in [6.45, 7) is 1.14. The molecule has 0 saturated heterocycles. The first-order valence-corrected chi connectivity index (χ1v) is 5.30. The molecule has 0 aliphatic carbocycles. The number of ether oxygens (including phenoxy) is 1. The van der Waals surface area contributed by atoms with Gasteiger partial charge < -0.3 is 9.84 Å². The molecule has 18 heavy (non-hydrogen) atoms. The van der Waals surface area contributed by atoms with Gasteiger partial charge in [0.15, 0.2) is 5.82 Å². The molecule has 0 unspecified atom stereocenters. The number of hydrogen-bond donors (Lipinski definition) is 1. The summed E-state index contributed by atoms with van der Waals surface area (Å²) in [6.07, 6.45) is 1.33. The number of benzene rings is 1. The van der Waals surface area contributed by atoms with Crippen LogP contribution in [0.15, 0.2) is 30.5 Å². The molecule has 1 heterocycles. The predicted molar refractivity (Wildman–Crippen MR) is 61.3 cm³/mol. The lowest BCUT2D eigenvalue weighted by molar-refractivity contribution is 0.273. The SMILES string of the molecule is Cc1cc(Oc2nccc(CO)c2F)ccc1F. The number of aliphatic hydroxyl groups is 1. The minimum absolute atomic E-state index is 0.0961. The summed E-state index contributed by atoms with van der Waals surface area (Å²) in [4.78, 5) is 3.73. The van der Waals surface area contributed by atoms with Crippen LogP contribution in [0.3, 0.4) is 0 Å². The minimum atomic E-state index is -0.720. The number of rotatable bonds is 3. The van der Waals surface area contributed by atoms with E-state index in [1.807, 2.05) is 0 Å². The second-order valence-electron chi connectivity index (χ2n) is 3.76. The fraction of sp³-hybridized carbons (Fsp3) is 0.154. The number of halogens is 2. The molecule has 2 aromatic rings. The molecule has 0 fully saturated rings. The van der Waals surface area contributed by atoms with Crippen LogP contribution in [-0.2, 0) is 6.61 Å². The van der Waals surface area contributed by atoms with E-state index in [4.69, 9.17) is 9.84 Å². The fourth-order valence-corrected chi connectivity index (χ4v) is 1.45. The monoisotopic (exact) mass is 251 g/mol. The smallest absolute Gasteiger partial charge is 0.256 e. The zero-order valence-corrected chi connectivity index (χ0v) is 9.65. The normalized spacial score (nSPS) is 10.4. The topological polar surface area (TPSA) is 42.4 Å². The van der Waals surface area contributed by atoms with Crippen LogP contribution in [0.4, 0.5) is 8.78 Å². The average molecular weight is 251 g/mol. The maximum Gasteiger partial charge on any atom is 0.256 e.